The topological polar surface area (TPSA) is 73.0 Å². The molecule has 0 fully saturated rings. The number of anilines is 1. The van der Waals surface area contributed by atoms with Crippen LogP contribution in [0.25, 0.3) is 0 Å². The minimum atomic E-state index is -0.542. The van der Waals surface area contributed by atoms with Crippen LogP contribution in [0.2, 0.25) is 0 Å². The Labute approximate surface area is 109 Å². The molecule has 0 saturated carbocycles. The van der Waals surface area contributed by atoms with Crippen LogP contribution in [0.1, 0.15) is 5.56 Å². The third-order valence-corrected chi connectivity index (χ3v) is 2.57. The van der Waals surface area contributed by atoms with Gasteiger partial charge in [0.2, 0.25) is 0 Å². The number of hydrogen-bond donors (Lipinski definition) is 1. The second kappa shape index (κ2) is 5.47. The van der Waals surface area contributed by atoms with Crippen molar-refractivity contribution in [3.8, 4) is 0 Å². The fourth-order valence-corrected chi connectivity index (χ4v) is 1.70. The molecule has 0 spiro atoms. The van der Waals surface area contributed by atoms with Gasteiger partial charge < -0.3 is 5.32 Å². The maximum atomic E-state index is 13.1. The van der Waals surface area contributed by atoms with E-state index in [2.05, 4.69) is 10.4 Å². The minimum absolute atomic E-state index is 0.141. The number of hydrogen-bond acceptors (Lipinski definition) is 4. The van der Waals surface area contributed by atoms with Gasteiger partial charge in [-0.25, -0.2) is 4.39 Å². The van der Waals surface area contributed by atoms with Gasteiger partial charge in [-0.2, -0.15) is 5.10 Å². The Morgan fingerprint density at radius 1 is 1.53 bits per heavy atom. The third-order valence-electron chi connectivity index (χ3n) is 2.57. The van der Waals surface area contributed by atoms with E-state index in [-0.39, 0.29) is 11.4 Å². The van der Waals surface area contributed by atoms with Crippen molar-refractivity contribution in [3.63, 3.8) is 0 Å². The van der Waals surface area contributed by atoms with E-state index in [9.17, 15) is 14.5 Å². The van der Waals surface area contributed by atoms with E-state index in [0.29, 0.717) is 13.1 Å². The summed E-state index contributed by atoms with van der Waals surface area (Å²) in [6, 6.07) is 3.34. The van der Waals surface area contributed by atoms with Crippen LogP contribution in [-0.4, -0.2) is 21.2 Å². The van der Waals surface area contributed by atoms with E-state index in [1.807, 2.05) is 13.1 Å². The number of rotatable bonds is 5. The Morgan fingerprint density at radius 2 is 2.32 bits per heavy atom. The number of halogens is 1. The van der Waals surface area contributed by atoms with Gasteiger partial charge in [0.1, 0.15) is 11.5 Å². The molecular formula is C12H13FN4O2. The van der Waals surface area contributed by atoms with Crippen LogP contribution in [0, 0.1) is 22.9 Å². The van der Waals surface area contributed by atoms with Crippen molar-refractivity contribution in [1.29, 1.82) is 0 Å². The summed E-state index contributed by atoms with van der Waals surface area (Å²) in [5, 5.41) is 17.7. The Bertz CT molecular complexity index is 597. The molecule has 0 bridgehead atoms. The molecule has 7 heteroatoms. The first-order valence-electron chi connectivity index (χ1n) is 5.73. The predicted octanol–water partition coefficient (Wildman–Crippen LogP) is 2.35. The van der Waals surface area contributed by atoms with Gasteiger partial charge in [0.25, 0.3) is 5.69 Å². The number of nitro benzene ring substituents is 1. The van der Waals surface area contributed by atoms with Crippen molar-refractivity contribution in [2.24, 2.45) is 0 Å². The highest BCUT2D eigenvalue weighted by molar-refractivity contribution is 5.61. The molecule has 1 aromatic heterocycles. The first-order valence-corrected chi connectivity index (χ1v) is 5.73. The summed E-state index contributed by atoms with van der Waals surface area (Å²) in [6.45, 7) is 2.89. The van der Waals surface area contributed by atoms with E-state index in [1.54, 1.807) is 10.9 Å². The lowest BCUT2D eigenvalue weighted by atomic mass is 10.2. The number of aryl methyl sites for hydroxylation is 1. The number of nitrogens with zero attached hydrogens (tertiary/aromatic N) is 3. The van der Waals surface area contributed by atoms with Crippen LogP contribution in [0.4, 0.5) is 15.8 Å². The second-order valence-corrected chi connectivity index (χ2v) is 4.13. The SMILES string of the molecule is Cc1cnn(CCNc2cc(F)ccc2[N+](=O)[O-])c1. The van der Waals surface area contributed by atoms with Gasteiger partial charge in [-0.3, -0.25) is 14.8 Å². The maximum absolute atomic E-state index is 13.1. The maximum Gasteiger partial charge on any atom is 0.292 e. The Balaban J connectivity index is 2.02. The minimum Gasteiger partial charge on any atom is -0.378 e. The average Bonchev–Trinajstić information content (AvgIpc) is 2.75. The van der Waals surface area contributed by atoms with E-state index in [0.717, 1.165) is 23.8 Å². The summed E-state index contributed by atoms with van der Waals surface area (Å²) >= 11 is 0. The normalized spacial score (nSPS) is 10.4. The van der Waals surface area contributed by atoms with E-state index >= 15 is 0 Å². The van der Waals surface area contributed by atoms with E-state index in [1.165, 1.54) is 0 Å². The highest BCUT2D eigenvalue weighted by Gasteiger charge is 2.13. The monoisotopic (exact) mass is 264 g/mol. The molecule has 100 valence electrons. The fourth-order valence-electron chi connectivity index (χ4n) is 1.70. The van der Waals surface area contributed by atoms with Gasteiger partial charge in [0.15, 0.2) is 0 Å². The van der Waals surface area contributed by atoms with Crippen molar-refractivity contribution in [3.05, 3.63) is 52.1 Å². The summed E-state index contributed by atoms with van der Waals surface area (Å²) in [4.78, 5) is 10.3. The van der Waals surface area contributed by atoms with E-state index < -0.39 is 10.7 Å². The van der Waals surface area contributed by atoms with Crippen LogP contribution in [0.3, 0.4) is 0 Å². The first-order chi connectivity index (χ1) is 9.06. The molecule has 1 aromatic carbocycles. The Morgan fingerprint density at radius 3 is 2.95 bits per heavy atom. The summed E-state index contributed by atoms with van der Waals surface area (Å²) in [6.07, 6.45) is 3.59. The molecule has 0 aliphatic heterocycles. The van der Waals surface area contributed by atoms with Crippen LogP contribution in [0.15, 0.2) is 30.6 Å². The van der Waals surface area contributed by atoms with Gasteiger partial charge in [-0.15, -0.1) is 0 Å². The standard InChI is InChI=1S/C12H13FN4O2/c1-9-7-15-16(8-9)5-4-14-11-6-10(13)2-3-12(11)17(18)19/h2-3,6-8,14H,4-5H2,1H3. The van der Waals surface area contributed by atoms with Gasteiger partial charge in [-0.05, 0) is 18.6 Å². The van der Waals surface area contributed by atoms with Crippen molar-refractivity contribution >= 4 is 11.4 Å². The van der Waals surface area contributed by atoms with E-state index in [4.69, 9.17) is 0 Å². The molecule has 1 heterocycles. The molecule has 0 radical (unpaired) electrons. The van der Waals surface area contributed by atoms with Crippen LogP contribution >= 0.6 is 0 Å². The molecule has 0 unspecified atom stereocenters. The highest BCUT2D eigenvalue weighted by Crippen LogP contribution is 2.24. The predicted molar refractivity (Wildman–Crippen MR) is 68.5 cm³/mol. The molecule has 6 nitrogen and oxygen atoms in total. The average molecular weight is 264 g/mol. The molecule has 0 amide bonds. The van der Waals surface area contributed by atoms with Gasteiger partial charge in [0, 0.05) is 24.9 Å². The van der Waals surface area contributed by atoms with Crippen molar-refractivity contribution in [1.82, 2.24) is 9.78 Å². The second-order valence-electron chi connectivity index (χ2n) is 4.13. The number of nitrogens with one attached hydrogen (secondary N) is 1. The largest absolute Gasteiger partial charge is 0.378 e. The lowest BCUT2D eigenvalue weighted by Crippen LogP contribution is -2.12. The Kier molecular flexibility index (Phi) is 3.74. The number of benzene rings is 1. The molecule has 2 aromatic rings. The molecule has 1 N–H and O–H groups in total. The number of nitro groups is 1. The first kappa shape index (κ1) is 13.0. The summed E-state index contributed by atoms with van der Waals surface area (Å²) in [5.41, 5.74) is 1.07. The lowest BCUT2D eigenvalue weighted by molar-refractivity contribution is -0.384. The number of aromatic nitrogens is 2. The molecule has 0 aliphatic rings. The molecule has 19 heavy (non-hydrogen) atoms. The zero-order chi connectivity index (χ0) is 13.8. The molecule has 0 aliphatic carbocycles. The van der Waals surface area contributed by atoms with Gasteiger partial charge in [0.05, 0.1) is 17.7 Å². The van der Waals surface area contributed by atoms with Gasteiger partial charge >= 0.3 is 0 Å². The quantitative estimate of drug-likeness (QED) is 0.664. The summed E-state index contributed by atoms with van der Waals surface area (Å²) in [5.74, 6) is -0.511. The van der Waals surface area contributed by atoms with Crippen LogP contribution in [0.5, 0.6) is 0 Å². The Hall–Kier alpha value is -2.44. The zero-order valence-corrected chi connectivity index (χ0v) is 10.3. The smallest absolute Gasteiger partial charge is 0.292 e. The lowest BCUT2D eigenvalue weighted by Gasteiger charge is -2.07. The van der Waals surface area contributed by atoms with Crippen molar-refractivity contribution < 1.29 is 9.31 Å². The highest BCUT2D eigenvalue weighted by atomic mass is 19.1. The molecule has 0 atom stereocenters. The summed E-state index contributed by atoms with van der Waals surface area (Å²) < 4.78 is 14.8. The van der Waals surface area contributed by atoms with Crippen molar-refractivity contribution in [2.45, 2.75) is 13.5 Å². The van der Waals surface area contributed by atoms with Crippen LogP contribution < -0.4 is 5.32 Å². The molecule has 2 rings (SSSR count). The van der Waals surface area contributed by atoms with Crippen molar-refractivity contribution in [2.75, 3.05) is 11.9 Å². The summed E-state index contributed by atoms with van der Waals surface area (Å²) in [7, 11) is 0. The fraction of sp³-hybridized carbons (Fsp3) is 0.250. The van der Waals surface area contributed by atoms with Gasteiger partial charge in [-0.1, -0.05) is 0 Å². The third kappa shape index (κ3) is 3.27. The van der Waals surface area contributed by atoms with Crippen LogP contribution in [-0.2, 0) is 6.54 Å². The molecular weight excluding hydrogens is 251 g/mol. The zero-order valence-electron chi connectivity index (χ0n) is 10.3. The molecule has 0 saturated heterocycles.